The molecule has 0 aliphatic rings. The van der Waals surface area contributed by atoms with Crippen molar-refractivity contribution in [1.29, 1.82) is 0 Å². The first kappa shape index (κ1) is 7.87. The summed E-state index contributed by atoms with van der Waals surface area (Å²) in [5, 5.41) is 14.7. The second-order valence-corrected chi connectivity index (χ2v) is 3.13. The Labute approximate surface area is 48.4 Å². The largest absolute Gasteiger partial charge is 0.239 e. The molecule has 1 atom stereocenters. The van der Waals surface area contributed by atoms with Crippen LogP contribution in [0.1, 0.15) is 13.3 Å². The maximum atomic E-state index is 10.2. The van der Waals surface area contributed by atoms with E-state index in [1.165, 1.54) is 6.92 Å². The lowest BCUT2D eigenvalue weighted by Crippen LogP contribution is -2.26. The molecule has 0 aliphatic heterocycles. The van der Waals surface area contributed by atoms with Gasteiger partial charge in [0.15, 0.2) is 0 Å². The van der Waals surface area contributed by atoms with Gasteiger partial charge in [0.05, 0.1) is 0 Å². The van der Waals surface area contributed by atoms with Crippen LogP contribution in [0.2, 0.25) is 0 Å². The zero-order valence-corrected chi connectivity index (χ0v) is 5.31. The van der Waals surface area contributed by atoms with Gasteiger partial charge in [-0.3, -0.25) is 0 Å². The number of hydrogen-bond donors (Lipinski definition) is 1. The van der Waals surface area contributed by atoms with Gasteiger partial charge in [0.25, 0.3) is 0 Å². The normalized spacial score (nSPS) is 15.9. The van der Waals surface area contributed by atoms with Crippen molar-refractivity contribution in [2.45, 2.75) is 18.8 Å². The Kier molecular flexibility index (Phi) is 2.39. The highest BCUT2D eigenvalue weighted by atomic mass is 32.2. The van der Waals surface area contributed by atoms with Crippen LogP contribution in [0.25, 0.3) is 0 Å². The van der Waals surface area contributed by atoms with Crippen LogP contribution in [-0.2, 0) is 15.1 Å². The molecule has 0 saturated heterocycles. The molecule has 0 fully saturated rings. The van der Waals surface area contributed by atoms with Crippen LogP contribution in [0.3, 0.4) is 0 Å². The summed E-state index contributed by atoms with van der Waals surface area (Å²) in [6.45, 7) is 1.47. The molecule has 49 valence electrons. The molecular formula is C3H8NO3S. The van der Waals surface area contributed by atoms with Crippen LogP contribution in [0, 0.1) is 0 Å². The van der Waals surface area contributed by atoms with Crippen LogP contribution >= 0.6 is 0 Å². The quantitative estimate of drug-likeness (QED) is 0.555. The van der Waals surface area contributed by atoms with Crippen molar-refractivity contribution < 1.29 is 13.5 Å². The maximum Gasteiger partial charge on any atom is 0.239 e. The van der Waals surface area contributed by atoms with E-state index in [-0.39, 0.29) is 6.42 Å². The predicted molar refractivity (Wildman–Crippen MR) is 27.9 cm³/mol. The van der Waals surface area contributed by atoms with E-state index in [1.807, 2.05) is 0 Å². The molecule has 0 aliphatic carbocycles. The third-order valence-corrected chi connectivity index (χ3v) is 1.77. The summed E-state index contributed by atoms with van der Waals surface area (Å²) >= 11 is 0. The predicted octanol–water partition coefficient (Wildman–Crippen LogP) is -0.558. The second kappa shape index (κ2) is 2.43. The van der Waals surface area contributed by atoms with Crippen molar-refractivity contribution in [2.75, 3.05) is 0 Å². The lowest BCUT2D eigenvalue weighted by atomic mass is 10.5. The Balaban J connectivity index is 4.04. The lowest BCUT2D eigenvalue weighted by Gasteiger charge is -1.98. The fraction of sp³-hybridized carbons (Fsp3) is 1.00. The van der Waals surface area contributed by atoms with Gasteiger partial charge in [-0.15, -0.1) is 0 Å². The molecule has 5 heteroatoms. The van der Waals surface area contributed by atoms with E-state index >= 15 is 0 Å². The molecule has 0 spiro atoms. The fourth-order valence-electron chi connectivity index (χ4n) is 0.232. The van der Waals surface area contributed by atoms with Crippen LogP contribution in [0.15, 0.2) is 0 Å². The van der Waals surface area contributed by atoms with Crippen molar-refractivity contribution in [2.24, 2.45) is 5.14 Å². The highest BCUT2D eigenvalue weighted by Gasteiger charge is 2.15. The molecule has 2 N–H and O–H groups in total. The minimum absolute atomic E-state index is 0.0266. The van der Waals surface area contributed by atoms with E-state index in [9.17, 15) is 13.5 Å². The first-order chi connectivity index (χ1) is 3.48. The fourth-order valence-corrected chi connectivity index (χ4v) is 0.697. The van der Waals surface area contributed by atoms with E-state index in [0.717, 1.165) is 0 Å². The first-order valence-electron chi connectivity index (χ1n) is 2.16. The molecule has 0 amide bonds. The molecule has 0 aromatic rings. The Bertz CT molecular complexity index is 150. The van der Waals surface area contributed by atoms with Crippen LogP contribution in [-0.4, -0.2) is 13.9 Å². The van der Waals surface area contributed by atoms with Gasteiger partial charge in [0.2, 0.25) is 15.5 Å². The number of primary sulfonamides is 1. The van der Waals surface area contributed by atoms with E-state index in [4.69, 9.17) is 0 Å². The SMILES string of the molecule is CCC([O])S(N)(=O)=O. The lowest BCUT2D eigenvalue weighted by molar-refractivity contribution is 0.151. The van der Waals surface area contributed by atoms with Gasteiger partial charge in [0.1, 0.15) is 0 Å². The smallest absolute Gasteiger partial charge is 0.226 e. The number of rotatable bonds is 2. The average Bonchev–Trinajstić information content (AvgIpc) is 1.62. The van der Waals surface area contributed by atoms with Gasteiger partial charge < -0.3 is 0 Å². The van der Waals surface area contributed by atoms with Gasteiger partial charge in [-0.2, -0.15) is 0 Å². The van der Waals surface area contributed by atoms with Crippen molar-refractivity contribution >= 4 is 10.0 Å². The van der Waals surface area contributed by atoms with Crippen LogP contribution in [0.4, 0.5) is 0 Å². The van der Waals surface area contributed by atoms with Crippen molar-refractivity contribution in [1.82, 2.24) is 0 Å². The van der Waals surface area contributed by atoms with Crippen molar-refractivity contribution in [3.8, 4) is 0 Å². The van der Waals surface area contributed by atoms with E-state index < -0.39 is 15.5 Å². The summed E-state index contributed by atoms with van der Waals surface area (Å²) in [5.41, 5.74) is -1.65. The highest BCUT2D eigenvalue weighted by Crippen LogP contribution is 1.95. The minimum atomic E-state index is -3.81. The zero-order chi connectivity index (χ0) is 6.78. The minimum Gasteiger partial charge on any atom is -0.226 e. The summed E-state index contributed by atoms with van der Waals surface area (Å²) < 4.78 is 20.1. The van der Waals surface area contributed by atoms with E-state index in [0.29, 0.717) is 0 Å². The molecule has 4 nitrogen and oxygen atoms in total. The third-order valence-electron chi connectivity index (χ3n) is 0.700. The maximum absolute atomic E-state index is 10.2. The topological polar surface area (TPSA) is 80.1 Å². The highest BCUT2D eigenvalue weighted by molar-refractivity contribution is 7.89. The molecule has 8 heavy (non-hydrogen) atoms. The van der Waals surface area contributed by atoms with Crippen molar-refractivity contribution in [3.63, 3.8) is 0 Å². The zero-order valence-electron chi connectivity index (χ0n) is 4.49. The number of sulfonamides is 1. The Morgan fingerprint density at radius 1 is 1.62 bits per heavy atom. The van der Waals surface area contributed by atoms with Gasteiger partial charge in [-0.1, -0.05) is 6.92 Å². The Morgan fingerprint density at radius 2 is 2.00 bits per heavy atom. The molecule has 0 heterocycles. The van der Waals surface area contributed by atoms with Gasteiger partial charge >= 0.3 is 0 Å². The summed E-state index contributed by atoms with van der Waals surface area (Å²) in [4.78, 5) is 0. The van der Waals surface area contributed by atoms with Gasteiger partial charge in [0, 0.05) is 0 Å². The summed E-state index contributed by atoms with van der Waals surface area (Å²) in [6.07, 6.45) is 0.0266. The molecule has 0 bridgehead atoms. The molecule has 1 radical (unpaired) electrons. The van der Waals surface area contributed by atoms with E-state index in [2.05, 4.69) is 5.14 Å². The second-order valence-electron chi connectivity index (χ2n) is 1.43. The van der Waals surface area contributed by atoms with Crippen LogP contribution in [0.5, 0.6) is 0 Å². The Hall–Kier alpha value is -0.130. The average molecular weight is 138 g/mol. The summed E-state index contributed by atoms with van der Waals surface area (Å²) in [5.74, 6) is 0. The molecule has 0 rings (SSSR count). The molecule has 1 unspecified atom stereocenters. The molecule has 0 aromatic carbocycles. The summed E-state index contributed by atoms with van der Waals surface area (Å²) in [7, 11) is -3.81. The van der Waals surface area contributed by atoms with Crippen LogP contribution < -0.4 is 5.14 Å². The van der Waals surface area contributed by atoms with Gasteiger partial charge in [-0.25, -0.2) is 18.7 Å². The standard InChI is InChI=1S/C3H8NO3S/c1-2-3(5)8(4,6)7/h3H,2H2,1H3,(H2,4,6,7). The summed E-state index contributed by atoms with van der Waals surface area (Å²) in [6, 6.07) is 0. The van der Waals surface area contributed by atoms with E-state index in [1.54, 1.807) is 0 Å². The third kappa shape index (κ3) is 2.25. The monoisotopic (exact) mass is 138 g/mol. The molecule has 0 saturated carbocycles. The first-order valence-corrected chi connectivity index (χ1v) is 3.77. The van der Waals surface area contributed by atoms with Crippen molar-refractivity contribution in [3.05, 3.63) is 0 Å². The van der Waals surface area contributed by atoms with Gasteiger partial charge in [-0.05, 0) is 6.42 Å². The number of hydrogen-bond acceptors (Lipinski definition) is 2. The Morgan fingerprint density at radius 3 is 2.00 bits per heavy atom. The molecular weight excluding hydrogens is 130 g/mol. The molecule has 0 aromatic heterocycles. The number of nitrogens with two attached hydrogens (primary N) is 1.